The van der Waals surface area contributed by atoms with E-state index in [4.69, 9.17) is 5.73 Å². The number of anilines is 1. The highest BCUT2D eigenvalue weighted by Gasteiger charge is 2.31. The van der Waals surface area contributed by atoms with Crippen molar-refractivity contribution in [2.45, 2.75) is 12.5 Å². The second-order valence-corrected chi connectivity index (χ2v) is 4.26. The average molecular weight is 259 g/mol. The van der Waals surface area contributed by atoms with Crippen LogP contribution >= 0.6 is 15.9 Å². The Labute approximate surface area is 90.0 Å². The number of hydrogen-bond acceptors (Lipinski definition) is 3. The van der Waals surface area contributed by atoms with Gasteiger partial charge in [0.2, 0.25) is 5.91 Å². The number of likely N-dealkylation sites (N-methyl/N-ethyl adjacent to an activating group) is 1. The predicted molar refractivity (Wildman–Crippen MR) is 55.6 cm³/mol. The third-order valence-electron chi connectivity index (χ3n) is 2.43. The number of rotatable bonds is 1. The van der Waals surface area contributed by atoms with E-state index in [2.05, 4.69) is 21.0 Å². The van der Waals surface area contributed by atoms with E-state index < -0.39 is 0 Å². The first-order valence-electron chi connectivity index (χ1n) is 4.34. The van der Waals surface area contributed by atoms with Gasteiger partial charge < -0.3 is 10.6 Å². The Morgan fingerprint density at radius 2 is 2.43 bits per heavy atom. The number of likely N-dealkylation sites (tertiary alicyclic amines) is 1. The van der Waals surface area contributed by atoms with Crippen LogP contribution in [-0.4, -0.2) is 34.2 Å². The number of carbonyl (C=O) groups excluding carboxylic acids is 1. The summed E-state index contributed by atoms with van der Waals surface area (Å²) in [6.07, 6.45) is 2.54. The number of carbonyl (C=O) groups is 1. The van der Waals surface area contributed by atoms with Gasteiger partial charge in [-0.25, -0.2) is 0 Å². The lowest BCUT2D eigenvalue weighted by atomic mass is 10.2. The Hall–Kier alpha value is -1.04. The molecule has 0 bridgehead atoms. The molecule has 0 aliphatic carbocycles. The normalized spacial score (nSPS) is 22.0. The van der Waals surface area contributed by atoms with Crippen molar-refractivity contribution in [3.05, 3.63) is 10.7 Å². The molecule has 14 heavy (non-hydrogen) atoms. The maximum Gasteiger partial charge on any atom is 0.247 e. The summed E-state index contributed by atoms with van der Waals surface area (Å²) in [6.45, 7) is 0.779. The molecule has 0 saturated carbocycles. The van der Waals surface area contributed by atoms with Crippen LogP contribution in [0.3, 0.4) is 0 Å². The molecule has 1 fully saturated rings. The lowest BCUT2D eigenvalue weighted by Crippen LogP contribution is -2.24. The maximum atomic E-state index is 11.6. The molecule has 6 heteroatoms. The maximum absolute atomic E-state index is 11.6. The molecule has 2 N–H and O–H groups in total. The predicted octanol–water partition coefficient (Wildman–Crippen LogP) is 0.631. The largest absolute Gasteiger partial charge is 0.381 e. The summed E-state index contributed by atoms with van der Waals surface area (Å²) in [5.41, 5.74) is 5.58. The second kappa shape index (κ2) is 3.27. The lowest BCUT2D eigenvalue weighted by molar-refractivity contribution is -0.129. The van der Waals surface area contributed by atoms with Crippen LogP contribution in [0.15, 0.2) is 10.7 Å². The smallest absolute Gasteiger partial charge is 0.247 e. The summed E-state index contributed by atoms with van der Waals surface area (Å²) < 4.78 is 2.37. The monoisotopic (exact) mass is 258 g/mol. The molecule has 0 radical (unpaired) electrons. The number of nitrogen functional groups attached to an aromatic ring is 1. The molecule has 5 nitrogen and oxygen atoms in total. The highest BCUT2D eigenvalue weighted by atomic mass is 79.9. The summed E-state index contributed by atoms with van der Waals surface area (Å²) in [5, 5.41) is 4.08. The van der Waals surface area contributed by atoms with Crippen LogP contribution < -0.4 is 5.73 Å². The number of hydrogen-bond donors (Lipinski definition) is 1. The van der Waals surface area contributed by atoms with Crippen LogP contribution in [0.4, 0.5) is 5.82 Å². The zero-order valence-corrected chi connectivity index (χ0v) is 9.36. The molecule has 1 aliphatic rings. The van der Waals surface area contributed by atoms with Crippen LogP contribution in [0.25, 0.3) is 0 Å². The molecule has 0 aromatic carbocycles. The molecule has 1 atom stereocenters. The van der Waals surface area contributed by atoms with Gasteiger partial charge >= 0.3 is 0 Å². The van der Waals surface area contributed by atoms with Crippen LogP contribution in [0.1, 0.15) is 12.5 Å². The average Bonchev–Trinajstić information content (AvgIpc) is 2.61. The molecule has 2 rings (SSSR count). The van der Waals surface area contributed by atoms with Gasteiger partial charge in [0.15, 0.2) is 5.82 Å². The Bertz CT molecular complexity index is 356. The minimum absolute atomic E-state index is 0.0972. The molecule has 1 saturated heterocycles. The fourth-order valence-electron chi connectivity index (χ4n) is 1.59. The van der Waals surface area contributed by atoms with Gasteiger partial charge in [0.05, 0.1) is 4.47 Å². The quantitative estimate of drug-likeness (QED) is 0.804. The van der Waals surface area contributed by atoms with Crippen molar-refractivity contribution in [3.63, 3.8) is 0 Å². The SMILES string of the molecule is CN1CCC(n2cc(Br)c(N)n2)C1=O. The summed E-state index contributed by atoms with van der Waals surface area (Å²) in [7, 11) is 1.80. The van der Waals surface area contributed by atoms with Gasteiger partial charge in [-0.1, -0.05) is 0 Å². The third-order valence-corrected chi connectivity index (χ3v) is 3.04. The molecule has 76 valence electrons. The first-order valence-corrected chi connectivity index (χ1v) is 5.14. The zero-order valence-electron chi connectivity index (χ0n) is 7.77. The Morgan fingerprint density at radius 1 is 1.71 bits per heavy atom. The van der Waals surface area contributed by atoms with Crippen LogP contribution in [-0.2, 0) is 4.79 Å². The lowest BCUT2D eigenvalue weighted by Gasteiger charge is -2.09. The zero-order chi connectivity index (χ0) is 10.3. The fraction of sp³-hybridized carbons (Fsp3) is 0.500. The van der Waals surface area contributed by atoms with Crippen molar-refractivity contribution in [3.8, 4) is 0 Å². The van der Waals surface area contributed by atoms with Gasteiger partial charge in [-0.3, -0.25) is 9.48 Å². The highest BCUT2D eigenvalue weighted by molar-refractivity contribution is 9.10. The molecule has 1 aromatic heterocycles. The molecule has 0 spiro atoms. The molecule has 1 amide bonds. The van der Waals surface area contributed by atoms with E-state index >= 15 is 0 Å². The molecule has 2 heterocycles. The number of nitrogens with two attached hydrogens (primary N) is 1. The van der Waals surface area contributed by atoms with Gasteiger partial charge in [0.1, 0.15) is 6.04 Å². The Balaban J connectivity index is 2.28. The van der Waals surface area contributed by atoms with Crippen molar-refractivity contribution in [2.24, 2.45) is 0 Å². The Morgan fingerprint density at radius 3 is 2.86 bits per heavy atom. The van der Waals surface area contributed by atoms with E-state index in [1.165, 1.54) is 0 Å². The minimum Gasteiger partial charge on any atom is -0.381 e. The van der Waals surface area contributed by atoms with Crippen molar-refractivity contribution in [1.29, 1.82) is 0 Å². The highest BCUT2D eigenvalue weighted by Crippen LogP contribution is 2.25. The van der Waals surface area contributed by atoms with E-state index in [-0.39, 0.29) is 11.9 Å². The number of aromatic nitrogens is 2. The van der Waals surface area contributed by atoms with Crippen LogP contribution in [0.2, 0.25) is 0 Å². The molecule has 1 aromatic rings. The summed E-state index contributed by atoms with van der Waals surface area (Å²) in [5.74, 6) is 0.521. The second-order valence-electron chi connectivity index (χ2n) is 3.41. The molecule has 1 unspecified atom stereocenters. The summed E-state index contributed by atoms with van der Waals surface area (Å²) in [6, 6.07) is -0.186. The van der Waals surface area contributed by atoms with Gasteiger partial charge in [-0.05, 0) is 22.4 Å². The van der Waals surface area contributed by atoms with Gasteiger partial charge in [0.25, 0.3) is 0 Å². The van der Waals surface area contributed by atoms with E-state index in [0.717, 1.165) is 17.4 Å². The summed E-state index contributed by atoms with van der Waals surface area (Å²) in [4.78, 5) is 13.3. The number of amides is 1. The standard InChI is InChI=1S/C8H11BrN4O/c1-12-3-2-6(8(12)14)13-4-5(9)7(10)11-13/h4,6H,2-3H2,1H3,(H2,10,11). The van der Waals surface area contributed by atoms with Crippen molar-refractivity contribution in [1.82, 2.24) is 14.7 Å². The molecule has 1 aliphatic heterocycles. The van der Waals surface area contributed by atoms with Gasteiger partial charge in [0, 0.05) is 19.8 Å². The molecular formula is C8H11BrN4O. The van der Waals surface area contributed by atoms with Crippen LogP contribution in [0.5, 0.6) is 0 Å². The topological polar surface area (TPSA) is 64.2 Å². The van der Waals surface area contributed by atoms with E-state index in [0.29, 0.717) is 5.82 Å². The van der Waals surface area contributed by atoms with E-state index in [1.807, 2.05) is 0 Å². The molecular weight excluding hydrogens is 248 g/mol. The van der Waals surface area contributed by atoms with Crippen molar-refractivity contribution >= 4 is 27.7 Å². The number of halogens is 1. The minimum atomic E-state index is -0.186. The Kier molecular flexibility index (Phi) is 2.22. The van der Waals surface area contributed by atoms with Gasteiger partial charge in [-0.2, -0.15) is 5.10 Å². The van der Waals surface area contributed by atoms with Crippen molar-refractivity contribution in [2.75, 3.05) is 19.3 Å². The first kappa shape index (κ1) is 9.51. The van der Waals surface area contributed by atoms with Crippen molar-refractivity contribution < 1.29 is 4.79 Å². The number of nitrogens with zero attached hydrogens (tertiary/aromatic N) is 3. The fourth-order valence-corrected chi connectivity index (χ4v) is 1.88. The van der Waals surface area contributed by atoms with Gasteiger partial charge in [-0.15, -0.1) is 0 Å². The van der Waals surface area contributed by atoms with E-state index in [1.54, 1.807) is 22.8 Å². The van der Waals surface area contributed by atoms with E-state index in [9.17, 15) is 4.79 Å². The third kappa shape index (κ3) is 1.39. The van der Waals surface area contributed by atoms with Crippen LogP contribution in [0, 0.1) is 0 Å². The first-order chi connectivity index (χ1) is 6.59. The summed E-state index contributed by atoms with van der Waals surface area (Å²) >= 11 is 3.26.